The van der Waals surface area contributed by atoms with E-state index in [1.54, 1.807) is 19.9 Å². The van der Waals surface area contributed by atoms with E-state index in [-0.39, 0.29) is 17.9 Å². The normalized spacial score (nSPS) is 24.9. The van der Waals surface area contributed by atoms with E-state index < -0.39 is 38.5 Å². The number of hydrogen-bond acceptors (Lipinski definition) is 5. The molecule has 1 amide bonds. The molecule has 3 N–H and O–H groups in total. The number of nitrogens with zero attached hydrogens (tertiary/aromatic N) is 1. The summed E-state index contributed by atoms with van der Waals surface area (Å²) in [7, 11) is -4.40. The molecular weight excluding hydrogens is 320 g/mol. The molecule has 2 atom stereocenters. The van der Waals surface area contributed by atoms with Gasteiger partial charge in [0.25, 0.3) is 4.87 Å². The van der Waals surface area contributed by atoms with E-state index in [9.17, 15) is 23.1 Å². The molecule has 7 nitrogen and oxygen atoms in total. The highest BCUT2D eigenvalue weighted by Gasteiger charge is 2.65. The number of nitrogens with two attached hydrogens (primary N) is 1. The number of carboxylic acid groups (broad SMARTS) is 1. The minimum absolute atomic E-state index is 0.00343. The summed E-state index contributed by atoms with van der Waals surface area (Å²) in [5.41, 5.74) is 5.91. The Balaban J connectivity index is 2.72. The van der Waals surface area contributed by atoms with Gasteiger partial charge in [0, 0.05) is 12.5 Å². The first kappa shape index (κ1) is 17.4. The number of likely N-dealkylation sites (tertiary alicyclic amines) is 1. The van der Waals surface area contributed by atoms with Crippen LogP contribution in [0.5, 0.6) is 0 Å². The quantitative estimate of drug-likeness (QED) is 0.822. The van der Waals surface area contributed by atoms with Crippen molar-refractivity contribution < 1.29 is 23.1 Å². The van der Waals surface area contributed by atoms with Crippen molar-refractivity contribution in [3.05, 3.63) is 30.3 Å². The van der Waals surface area contributed by atoms with Gasteiger partial charge in [0.05, 0.1) is 10.9 Å². The third-order valence-electron chi connectivity index (χ3n) is 4.10. The first-order valence-electron chi connectivity index (χ1n) is 7.27. The Bertz CT molecular complexity index is 717. The number of hydrogen-bond donors (Lipinski definition) is 2. The average Bonchev–Trinajstić information content (AvgIpc) is 2.86. The van der Waals surface area contributed by atoms with Crippen LogP contribution in [0.4, 0.5) is 0 Å². The molecule has 1 fully saturated rings. The zero-order valence-corrected chi connectivity index (χ0v) is 13.8. The van der Waals surface area contributed by atoms with Crippen LogP contribution < -0.4 is 5.73 Å². The molecule has 8 heteroatoms. The van der Waals surface area contributed by atoms with E-state index in [4.69, 9.17) is 5.73 Å². The number of carbonyl (C=O) groups is 2. The summed E-state index contributed by atoms with van der Waals surface area (Å²) in [6, 6.07) is 6.03. The lowest BCUT2D eigenvalue weighted by Gasteiger charge is -2.37. The van der Waals surface area contributed by atoms with Gasteiger partial charge in [-0.3, -0.25) is 4.79 Å². The SMILES string of the molecule is CC(C)C(=O)N1CCC(N)[C@]1(C(=O)O)S(=O)(=O)c1ccccc1. The van der Waals surface area contributed by atoms with Crippen molar-refractivity contribution in [1.82, 2.24) is 4.90 Å². The smallest absolute Gasteiger partial charge is 0.347 e. The van der Waals surface area contributed by atoms with E-state index in [1.807, 2.05) is 0 Å². The molecule has 1 aromatic carbocycles. The minimum atomic E-state index is -4.40. The van der Waals surface area contributed by atoms with Crippen molar-refractivity contribution in [2.75, 3.05) is 6.54 Å². The maximum atomic E-state index is 13.1. The molecule has 1 saturated heterocycles. The van der Waals surface area contributed by atoms with Crippen molar-refractivity contribution in [2.45, 2.75) is 36.1 Å². The molecule has 1 heterocycles. The number of amides is 1. The van der Waals surface area contributed by atoms with Crippen LogP contribution in [0.25, 0.3) is 0 Å². The van der Waals surface area contributed by atoms with Gasteiger partial charge in [-0.05, 0) is 18.6 Å². The molecule has 2 rings (SSSR count). The maximum Gasteiger partial charge on any atom is 0.347 e. The number of rotatable bonds is 4. The Hall–Kier alpha value is -1.93. The molecule has 0 saturated carbocycles. The average molecular weight is 340 g/mol. The van der Waals surface area contributed by atoms with Crippen LogP contribution >= 0.6 is 0 Å². The molecule has 0 aromatic heterocycles. The van der Waals surface area contributed by atoms with Crippen molar-refractivity contribution >= 4 is 21.7 Å². The van der Waals surface area contributed by atoms with Crippen LogP contribution in [0.2, 0.25) is 0 Å². The summed E-state index contributed by atoms with van der Waals surface area (Å²) in [5.74, 6) is -2.70. The zero-order valence-electron chi connectivity index (χ0n) is 13.0. The minimum Gasteiger partial charge on any atom is -0.479 e. The number of sulfone groups is 1. The fraction of sp³-hybridized carbons (Fsp3) is 0.467. The Kier molecular flexibility index (Phi) is 4.50. The highest BCUT2D eigenvalue weighted by Crippen LogP contribution is 2.39. The van der Waals surface area contributed by atoms with E-state index in [2.05, 4.69) is 0 Å². The standard InChI is InChI=1S/C15H20N2O5S/c1-10(2)13(18)17-9-8-12(16)15(17,14(19)20)23(21,22)11-6-4-3-5-7-11/h3-7,10,12H,8-9,16H2,1-2H3,(H,19,20)/t12?,15-/m1/s1. The second-order valence-electron chi connectivity index (χ2n) is 5.86. The molecule has 1 aliphatic heterocycles. The fourth-order valence-electron chi connectivity index (χ4n) is 2.93. The van der Waals surface area contributed by atoms with Crippen LogP contribution in [0.1, 0.15) is 20.3 Å². The van der Waals surface area contributed by atoms with Gasteiger partial charge in [-0.2, -0.15) is 0 Å². The van der Waals surface area contributed by atoms with E-state index in [1.165, 1.54) is 24.3 Å². The molecule has 1 unspecified atom stereocenters. The largest absolute Gasteiger partial charge is 0.479 e. The maximum absolute atomic E-state index is 13.1. The van der Waals surface area contributed by atoms with E-state index in [0.717, 1.165) is 4.90 Å². The summed E-state index contributed by atoms with van der Waals surface area (Å²) in [6.45, 7) is 3.18. The predicted molar refractivity (Wildman–Crippen MR) is 83.1 cm³/mol. The number of carboxylic acids is 1. The molecule has 0 radical (unpaired) electrons. The molecule has 0 spiro atoms. The fourth-order valence-corrected chi connectivity index (χ4v) is 5.02. The summed E-state index contributed by atoms with van der Waals surface area (Å²) in [6.07, 6.45) is 0.108. The second-order valence-corrected chi connectivity index (χ2v) is 7.96. The van der Waals surface area contributed by atoms with Gasteiger partial charge in [-0.15, -0.1) is 0 Å². The molecule has 1 aliphatic rings. The highest BCUT2D eigenvalue weighted by atomic mass is 32.2. The van der Waals surface area contributed by atoms with Gasteiger partial charge in [0.2, 0.25) is 15.7 Å². The second kappa shape index (κ2) is 5.93. The molecule has 126 valence electrons. The highest BCUT2D eigenvalue weighted by molar-refractivity contribution is 7.93. The lowest BCUT2D eigenvalue weighted by atomic mass is 10.1. The first-order chi connectivity index (χ1) is 10.7. The Morgan fingerprint density at radius 2 is 1.87 bits per heavy atom. The zero-order chi connectivity index (χ0) is 17.4. The van der Waals surface area contributed by atoms with Crippen molar-refractivity contribution in [2.24, 2.45) is 11.7 Å². The first-order valence-corrected chi connectivity index (χ1v) is 8.75. The monoisotopic (exact) mass is 340 g/mol. The van der Waals surface area contributed by atoms with Gasteiger partial charge in [0.15, 0.2) is 0 Å². The van der Waals surface area contributed by atoms with Crippen LogP contribution in [0.3, 0.4) is 0 Å². The Morgan fingerprint density at radius 1 is 1.30 bits per heavy atom. The number of carbonyl (C=O) groups excluding carboxylic acids is 1. The molecular formula is C15H20N2O5S. The molecule has 23 heavy (non-hydrogen) atoms. The lowest BCUT2D eigenvalue weighted by molar-refractivity contribution is -0.152. The van der Waals surface area contributed by atoms with Gasteiger partial charge < -0.3 is 15.7 Å². The number of aliphatic carboxylic acids is 1. The van der Waals surface area contributed by atoms with Crippen molar-refractivity contribution in [3.8, 4) is 0 Å². The van der Waals surface area contributed by atoms with Gasteiger partial charge >= 0.3 is 5.97 Å². The Morgan fingerprint density at radius 3 is 2.35 bits per heavy atom. The molecule has 0 aliphatic carbocycles. The van der Waals surface area contributed by atoms with E-state index in [0.29, 0.717) is 0 Å². The topological polar surface area (TPSA) is 118 Å². The molecule has 1 aromatic rings. The summed E-state index contributed by atoms with van der Waals surface area (Å²) in [5, 5.41) is 9.78. The molecule has 0 bridgehead atoms. The van der Waals surface area contributed by atoms with Crippen molar-refractivity contribution in [3.63, 3.8) is 0 Å². The summed E-state index contributed by atoms with van der Waals surface area (Å²) >= 11 is 0. The summed E-state index contributed by atoms with van der Waals surface area (Å²) in [4.78, 5) is 22.7. The third-order valence-corrected chi connectivity index (χ3v) is 6.51. The van der Waals surface area contributed by atoms with Crippen LogP contribution in [-0.4, -0.2) is 47.8 Å². The van der Waals surface area contributed by atoms with Crippen molar-refractivity contribution in [1.29, 1.82) is 0 Å². The van der Waals surface area contributed by atoms with Gasteiger partial charge in [-0.1, -0.05) is 32.0 Å². The van der Waals surface area contributed by atoms with E-state index >= 15 is 0 Å². The van der Waals surface area contributed by atoms with Crippen LogP contribution in [0.15, 0.2) is 35.2 Å². The van der Waals surface area contributed by atoms with Crippen LogP contribution in [0, 0.1) is 5.92 Å². The number of benzene rings is 1. The third kappa shape index (κ3) is 2.42. The Labute approximate surface area is 135 Å². The lowest BCUT2D eigenvalue weighted by Crippen LogP contribution is -2.66. The van der Waals surface area contributed by atoms with Gasteiger partial charge in [0.1, 0.15) is 0 Å². The predicted octanol–water partition coefficient (Wildman–Crippen LogP) is 0.457. The van der Waals surface area contributed by atoms with Gasteiger partial charge in [-0.25, -0.2) is 13.2 Å². The van der Waals surface area contributed by atoms with Crippen LogP contribution in [-0.2, 0) is 19.4 Å². The summed E-state index contributed by atoms with van der Waals surface area (Å²) < 4.78 is 26.2.